The van der Waals surface area contributed by atoms with E-state index in [1.807, 2.05) is 0 Å². The van der Waals surface area contributed by atoms with Crippen LogP contribution in [-0.2, 0) is 22.1 Å². The molecule has 0 spiro atoms. The van der Waals surface area contributed by atoms with Crippen LogP contribution < -0.4 is 5.32 Å². The van der Waals surface area contributed by atoms with Crippen molar-refractivity contribution in [2.45, 2.75) is 39.0 Å². The third kappa shape index (κ3) is 5.61. The quantitative estimate of drug-likeness (QED) is 0.738. The van der Waals surface area contributed by atoms with Crippen molar-refractivity contribution in [3.05, 3.63) is 16.1 Å². The van der Waals surface area contributed by atoms with Gasteiger partial charge in [0.15, 0.2) is 9.84 Å². The lowest BCUT2D eigenvalue weighted by atomic mass is 10.3. The van der Waals surface area contributed by atoms with E-state index in [1.54, 1.807) is 13.1 Å². The third-order valence-electron chi connectivity index (χ3n) is 2.39. The second-order valence-electron chi connectivity index (χ2n) is 3.93. The van der Waals surface area contributed by atoms with E-state index in [4.69, 9.17) is 0 Å². The number of hydrogen-bond donors (Lipinski definition) is 1. The van der Waals surface area contributed by atoms with Gasteiger partial charge >= 0.3 is 0 Å². The minimum Gasteiger partial charge on any atom is -0.312 e. The standard InChI is InChI=1S/C11H20N2O2S2/c1-3-5-6-12-7-10-8-13-11(16-10)9-17(14,15)4-2/h8,12H,3-7,9H2,1-2H3. The fraction of sp³-hybridized carbons (Fsp3) is 0.727. The molecule has 1 aromatic heterocycles. The summed E-state index contributed by atoms with van der Waals surface area (Å²) in [4.78, 5) is 5.25. The Bertz CT molecular complexity index is 426. The SMILES string of the molecule is CCCCNCc1cnc(CS(=O)(=O)CC)s1. The van der Waals surface area contributed by atoms with E-state index in [0.29, 0.717) is 5.01 Å². The number of hydrogen-bond acceptors (Lipinski definition) is 5. The van der Waals surface area contributed by atoms with Crippen molar-refractivity contribution in [3.63, 3.8) is 0 Å². The van der Waals surface area contributed by atoms with Gasteiger partial charge in [-0.3, -0.25) is 0 Å². The topological polar surface area (TPSA) is 59.1 Å². The molecule has 17 heavy (non-hydrogen) atoms. The summed E-state index contributed by atoms with van der Waals surface area (Å²) in [6, 6.07) is 0. The van der Waals surface area contributed by atoms with Crippen molar-refractivity contribution in [2.75, 3.05) is 12.3 Å². The number of sulfone groups is 1. The zero-order valence-corrected chi connectivity index (χ0v) is 12.0. The summed E-state index contributed by atoms with van der Waals surface area (Å²) in [7, 11) is -2.96. The minimum absolute atomic E-state index is 0.0725. The first-order valence-corrected chi connectivity index (χ1v) is 8.56. The molecule has 1 N–H and O–H groups in total. The predicted octanol–water partition coefficient (Wildman–Crippen LogP) is 1.97. The van der Waals surface area contributed by atoms with Gasteiger partial charge in [0.05, 0.1) is 0 Å². The van der Waals surface area contributed by atoms with Crippen molar-refractivity contribution < 1.29 is 8.42 Å². The monoisotopic (exact) mass is 276 g/mol. The minimum atomic E-state index is -2.96. The summed E-state index contributed by atoms with van der Waals surface area (Å²) in [5, 5.41) is 4.01. The van der Waals surface area contributed by atoms with Crippen molar-refractivity contribution in [3.8, 4) is 0 Å². The lowest BCUT2D eigenvalue weighted by Gasteiger charge is -1.99. The molecule has 0 aromatic carbocycles. The van der Waals surface area contributed by atoms with Crippen LogP contribution >= 0.6 is 11.3 Å². The molecule has 0 radical (unpaired) electrons. The summed E-state index contributed by atoms with van der Waals surface area (Å²) in [6.45, 7) is 5.60. The number of aromatic nitrogens is 1. The van der Waals surface area contributed by atoms with Crippen LogP contribution in [0.4, 0.5) is 0 Å². The summed E-state index contributed by atoms with van der Waals surface area (Å²) in [6.07, 6.45) is 4.11. The zero-order valence-electron chi connectivity index (χ0n) is 10.4. The Morgan fingerprint density at radius 2 is 2.18 bits per heavy atom. The highest BCUT2D eigenvalue weighted by atomic mass is 32.2. The van der Waals surface area contributed by atoms with Crippen LogP contribution in [0.15, 0.2) is 6.20 Å². The van der Waals surface area contributed by atoms with Gasteiger partial charge in [-0.25, -0.2) is 13.4 Å². The molecule has 98 valence electrons. The lowest BCUT2D eigenvalue weighted by molar-refractivity contribution is 0.596. The number of nitrogens with one attached hydrogen (secondary N) is 1. The van der Waals surface area contributed by atoms with Crippen LogP contribution in [0.1, 0.15) is 36.6 Å². The highest BCUT2D eigenvalue weighted by Crippen LogP contribution is 2.15. The highest BCUT2D eigenvalue weighted by Gasteiger charge is 2.12. The predicted molar refractivity (Wildman–Crippen MR) is 71.9 cm³/mol. The fourth-order valence-corrected chi connectivity index (χ4v) is 3.42. The molecule has 0 atom stereocenters. The van der Waals surface area contributed by atoms with Gasteiger partial charge in [-0.1, -0.05) is 20.3 Å². The van der Waals surface area contributed by atoms with Gasteiger partial charge < -0.3 is 5.32 Å². The fourth-order valence-electron chi connectivity index (χ4n) is 1.30. The number of rotatable bonds is 8. The van der Waals surface area contributed by atoms with E-state index >= 15 is 0 Å². The molecule has 0 saturated carbocycles. The average Bonchev–Trinajstić information content (AvgIpc) is 2.71. The molecule has 1 rings (SSSR count). The van der Waals surface area contributed by atoms with Crippen LogP contribution in [0.5, 0.6) is 0 Å². The van der Waals surface area contributed by atoms with E-state index in [0.717, 1.165) is 24.4 Å². The van der Waals surface area contributed by atoms with Crippen LogP contribution in [0.2, 0.25) is 0 Å². The van der Waals surface area contributed by atoms with Gasteiger partial charge in [-0.2, -0.15) is 0 Å². The maximum absolute atomic E-state index is 11.4. The Morgan fingerprint density at radius 1 is 1.41 bits per heavy atom. The van der Waals surface area contributed by atoms with Gasteiger partial charge in [0.1, 0.15) is 10.8 Å². The number of thiazole rings is 1. The average molecular weight is 276 g/mol. The molecule has 4 nitrogen and oxygen atoms in total. The summed E-state index contributed by atoms with van der Waals surface area (Å²) in [5.41, 5.74) is 0. The first-order chi connectivity index (χ1) is 8.07. The van der Waals surface area contributed by atoms with Crippen molar-refractivity contribution in [2.24, 2.45) is 0 Å². The van der Waals surface area contributed by atoms with Crippen LogP contribution in [0, 0.1) is 0 Å². The van der Waals surface area contributed by atoms with E-state index < -0.39 is 9.84 Å². The molecule has 0 aliphatic carbocycles. The Kier molecular flexibility index (Phi) is 6.08. The second-order valence-corrected chi connectivity index (χ2v) is 7.48. The first-order valence-electron chi connectivity index (χ1n) is 5.92. The molecule has 0 bridgehead atoms. The molecule has 0 amide bonds. The van der Waals surface area contributed by atoms with Crippen molar-refractivity contribution in [1.29, 1.82) is 0 Å². The van der Waals surface area contributed by atoms with Crippen LogP contribution in [-0.4, -0.2) is 25.7 Å². The molecule has 0 fully saturated rings. The smallest absolute Gasteiger partial charge is 0.156 e. The Balaban J connectivity index is 2.43. The molecule has 6 heteroatoms. The zero-order chi connectivity index (χ0) is 12.7. The molecular formula is C11H20N2O2S2. The molecule has 1 heterocycles. The maximum Gasteiger partial charge on any atom is 0.156 e. The van der Waals surface area contributed by atoms with E-state index in [9.17, 15) is 8.42 Å². The normalized spacial score (nSPS) is 11.9. The van der Waals surface area contributed by atoms with Crippen LogP contribution in [0.25, 0.3) is 0 Å². The van der Waals surface area contributed by atoms with E-state index in [1.165, 1.54) is 17.8 Å². The highest BCUT2D eigenvalue weighted by molar-refractivity contribution is 7.90. The molecule has 0 saturated heterocycles. The van der Waals surface area contributed by atoms with Gasteiger partial charge in [-0.05, 0) is 13.0 Å². The molecule has 0 unspecified atom stereocenters. The summed E-state index contributed by atoms with van der Waals surface area (Å²) < 4.78 is 22.9. The maximum atomic E-state index is 11.4. The molecular weight excluding hydrogens is 256 g/mol. The van der Waals surface area contributed by atoms with Gasteiger partial charge in [0.2, 0.25) is 0 Å². The number of unbranched alkanes of at least 4 members (excludes halogenated alkanes) is 1. The van der Waals surface area contributed by atoms with Crippen molar-refractivity contribution in [1.82, 2.24) is 10.3 Å². The summed E-state index contributed by atoms with van der Waals surface area (Å²) >= 11 is 1.48. The lowest BCUT2D eigenvalue weighted by Crippen LogP contribution is -2.13. The Labute approximate surface area is 107 Å². The largest absolute Gasteiger partial charge is 0.312 e. The van der Waals surface area contributed by atoms with E-state index in [2.05, 4.69) is 17.2 Å². The molecule has 0 aliphatic heterocycles. The van der Waals surface area contributed by atoms with Crippen LogP contribution in [0.3, 0.4) is 0 Å². The second kappa shape index (κ2) is 7.08. The summed E-state index contributed by atoms with van der Waals surface area (Å²) in [5.74, 6) is 0.250. The third-order valence-corrected chi connectivity index (χ3v) is 5.16. The van der Waals surface area contributed by atoms with Gasteiger partial charge in [0, 0.05) is 23.4 Å². The van der Waals surface area contributed by atoms with Crippen molar-refractivity contribution >= 4 is 21.2 Å². The molecule has 1 aromatic rings. The number of nitrogens with zero attached hydrogens (tertiary/aromatic N) is 1. The Morgan fingerprint density at radius 3 is 2.82 bits per heavy atom. The van der Waals surface area contributed by atoms with Gasteiger partial charge in [0.25, 0.3) is 0 Å². The Hall–Kier alpha value is -0.460. The van der Waals surface area contributed by atoms with Gasteiger partial charge in [-0.15, -0.1) is 11.3 Å². The van der Waals surface area contributed by atoms with E-state index in [-0.39, 0.29) is 11.5 Å². The molecule has 0 aliphatic rings. The first kappa shape index (κ1) is 14.6.